The fourth-order valence-corrected chi connectivity index (χ4v) is 6.32. The number of fused-ring (bicyclic) bond motifs is 2. The molecule has 1 aromatic carbocycles. The Balaban J connectivity index is 1.36. The summed E-state index contributed by atoms with van der Waals surface area (Å²) >= 11 is 6.64. The first-order valence-corrected chi connectivity index (χ1v) is 12.9. The molecule has 178 valence electrons. The summed E-state index contributed by atoms with van der Waals surface area (Å²) in [6, 6.07) is 9.45. The van der Waals surface area contributed by atoms with Gasteiger partial charge in [-0.15, -0.1) is 0 Å². The van der Waals surface area contributed by atoms with Crippen molar-refractivity contribution in [3.63, 3.8) is 0 Å². The van der Waals surface area contributed by atoms with Gasteiger partial charge in [0, 0.05) is 29.4 Å². The number of carbonyl (C=O) groups excluding carboxylic acids is 1. The fraction of sp³-hybridized carbons (Fsp3) is 0.519. The van der Waals surface area contributed by atoms with E-state index in [9.17, 15) is 4.79 Å². The van der Waals surface area contributed by atoms with Gasteiger partial charge in [-0.2, -0.15) is 0 Å². The Hall–Kier alpha value is -2.44. The molecule has 1 amide bonds. The van der Waals surface area contributed by atoms with E-state index in [1.165, 1.54) is 25.9 Å². The highest BCUT2D eigenvalue weighted by Crippen LogP contribution is 2.47. The number of aromatic nitrogens is 3. The summed E-state index contributed by atoms with van der Waals surface area (Å²) in [5.74, 6) is 0.210. The lowest BCUT2D eigenvalue weighted by Crippen LogP contribution is -2.55. The van der Waals surface area contributed by atoms with E-state index in [-0.39, 0.29) is 18.0 Å². The molecule has 0 unspecified atom stereocenters. The third-order valence-corrected chi connectivity index (χ3v) is 8.42. The maximum absolute atomic E-state index is 13.6. The molecule has 7 heteroatoms. The van der Waals surface area contributed by atoms with Crippen LogP contribution in [0.3, 0.4) is 0 Å². The van der Waals surface area contributed by atoms with Crippen LogP contribution in [-0.4, -0.2) is 50.5 Å². The second-order valence-electron chi connectivity index (χ2n) is 11.0. The van der Waals surface area contributed by atoms with E-state index in [0.29, 0.717) is 11.2 Å². The zero-order chi connectivity index (χ0) is 23.8. The molecule has 1 saturated carbocycles. The van der Waals surface area contributed by atoms with E-state index in [2.05, 4.69) is 46.8 Å². The number of imidazole rings is 1. The third kappa shape index (κ3) is 3.22. The molecule has 0 N–H and O–H groups in total. The van der Waals surface area contributed by atoms with Crippen LogP contribution < -0.4 is 4.90 Å². The molecule has 0 radical (unpaired) electrons. The van der Waals surface area contributed by atoms with Crippen LogP contribution >= 0.6 is 11.6 Å². The first-order valence-electron chi connectivity index (χ1n) is 12.5. The largest absolute Gasteiger partial charge is 0.326 e. The predicted octanol–water partition coefficient (Wildman–Crippen LogP) is 5.58. The Labute approximate surface area is 205 Å². The van der Waals surface area contributed by atoms with Crippen molar-refractivity contribution in [1.82, 2.24) is 19.4 Å². The SMILES string of the molecule is CC(C)n1cnc2cc(-c3ccc4c(c3)N([C@H]3C[C@@H](N5CCCC5)C3)C(=O)C4(C)C)nc(Cl)c21. The van der Waals surface area contributed by atoms with E-state index in [1.807, 2.05) is 30.8 Å². The van der Waals surface area contributed by atoms with Crippen LogP contribution in [0.5, 0.6) is 0 Å². The number of rotatable bonds is 4. The number of pyridine rings is 1. The van der Waals surface area contributed by atoms with Gasteiger partial charge in [0.15, 0.2) is 5.15 Å². The molecule has 2 fully saturated rings. The maximum atomic E-state index is 13.6. The van der Waals surface area contributed by atoms with Crippen LogP contribution in [0.4, 0.5) is 5.69 Å². The third-order valence-electron chi connectivity index (χ3n) is 8.16. The Kier molecular flexibility index (Phi) is 5.05. The molecule has 1 saturated heterocycles. The van der Waals surface area contributed by atoms with Crippen LogP contribution in [0.15, 0.2) is 30.6 Å². The van der Waals surface area contributed by atoms with Crippen molar-refractivity contribution in [3.05, 3.63) is 41.3 Å². The normalized spacial score (nSPS) is 24.3. The summed E-state index contributed by atoms with van der Waals surface area (Å²) in [7, 11) is 0. The minimum atomic E-state index is -0.516. The van der Waals surface area contributed by atoms with Crippen LogP contribution in [0.25, 0.3) is 22.3 Å². The van der Waals surface area contributed by atoms with Crippen LogP contribution in [-0.2, 0) is 10.2 Å². The van der Waals surface area contributed by atoms with Crippen molar-refractivity contribution in [2.45, 2.75) is 76.9 Å². The zero-order valence-corrected chi connectivity index (χ0v) is 21.1. The van der Waals surface area contributed by atoms with Gasteiger partial charge in [-0.3, -0.25) is 4.79 Å². The number of nitrogens with zero attached hydrogens (tertiary/aromatic N) is 5. The van der Waals surface area contributed by atoms with Gasteiger partial charge in [-0.1, -0.05) is 23.7 Å². The lowest BCUT2D eigenvalue weighted by molar-refractivity contribution is -0.123. The number of hydrogen-bond donors (Lipinski definition) is 0. The van der Waals surface area contributed by atoms with Crippen molar-refractivity contribution in [2.24, 2.45) is 0 Å². The molecule has 4 heterocycles. The van der Waals surface area contributed by atoms with Crippen LogP contribution in [0.1, 0.15) is 65.0 Å². The maximum Gasteiger partial charge on any atom is 0.237 e. The highest BCUT2D eigenvalue weighted by atomic mass is 35.5. The first-order chi connectivity index (χ1) is 16.3. The Morgan fingerprint density at radius 1 is 1.09 bits per heavy atom. The Morgan fingerprint density at radius 3 is 2.53 bits per heavy atom. The van der Waals surface area contributed by atoms with Crippen LogP contribution in [0.2, 0.25) is 5.15 Å². The van der Waals surface area contributed by atoms with Crippen molar-refractivity contribution < 1.29 is 4.79 Å². The standard InChI is InChI=1S/C27H32ClN5O/c1-16(2)32-15-29-22-14-21(30-25(28)24(22)32)17-7-8-20-23(11-17)33(26(34)27(20,3)4)19-12-18(13-19)31-9-5-6-10-31/h7-8,11,14-16,18-19H,5-6,9-10,12-13H2,1-4H3/t18-,19+. The molecular weight excluding hydrogens is 446 g/mol. The second kappa shape index (κ2) is 7.79. The summed E-state index contributed by atoms with van der Waals surface area (Å²) < 4.78 is 2.05. The monoisotopic (exact) mass is 477 g/mol. The van der Waals surface area contributed by atoms with E-state index in [1.54, 1.807) is 0 Å². The van der Waals surface area contributed by atoms with Gasteiger partial charge < -0.3 is 14.4 Å². The molecule has 0 atom stereocenters. The van der Waals surface area contributed by atoms with Gasteiger partial charge in [0.2, 0.25) is 5.91 Å². The van der Waals surface area contributed by atoms with Gasteiger partial charge in [0.05, 0.1) is 23.0 Å². The number of benzene rings is 1. The average molecular weight is 478 g/mol. The van der Waals surface area contributed by atoms with Gasteiger partial charge in [0.1, 0.15) is 5.52 Å². The zero-order valence-electron chi connectivity index (χ0n) is 20.4. The summed E-state index contributed by atoms with van der Waals surface area (Å²) in [5, 5.41) is 0.458. The molecule has 0 spiro atoms. The van der Waals surface area contributed by atoms with Crippen molar-refractivity contribution in [3.8, 4) is 11.3 Å². The predicted molar refractivity (Wildman–Crippen MR) is 136 cm³/mol. The Bertz CT molecular complexity index is 1280. The lowest BCUT2D eigenvalue weighted by Gasteiger charge is -2.45. The molecule has 6 nitrogen and oxygen atoms in total. The molecule has 6 rings (SSSR count). The minimum Gasteiger partial charge on any atom is -0.326 e. The van der Waals surface area contributed by atoms with E-state index < -0.39 is 5.41 Å². The van der Waals surface area contributed by atoms with E-state index in [0.717, 1.165) is 46.4 Å². The number of anilines is 1. The number of likely N-dealkylation sites (tertiary alicyclic amines) is 1. The first kappa shape index (κ1) is 22.1. The van der Waals surface area contributed by atoms with Crippen molar-refractivity contribution in [1.29, 1.82) is 0 Å². The summed E-state index contributed by atoms with van der Waals surface area (Å²) in [5.41, 5.74) is 5.07. The average Bonchev–Trinajstić information content (AvgIpc) is 3.48. The smallest absolute Gasteiger partial charge is 0.237 e. The molecular formula is C27H32ClN5O. The number of carbonyl (C=O) groups is 1. The van der Waals surface area contributed by atoms with Gasteiger partial charge in [0.25, 0.3) is 0 Å². The second-order valence-corrected chi connectivity index (χ2v) is 11.3. The lowest BCUT2D eigenvalue weighted by atomic mass is 9.83. The molecule has 3 aliphatic rings. The van der Waals surface area contributed by atoms with Crippen LogP contribution in [0, 0.1) is 0 Å². The van der Waals surface area contributed by atoms with E-state index >= 15 is 0 Å². The molecule has 0 bridgehead atoms. The van der Waals surface area contributed by atoms with Crippen molar-refractivity contribution >= 4 is 34.2 Å². The van der Waals surface area contributed by atoms with E-state index in [4.69, 9.17) is 16.6 Å². The molecule has 2 aliphatic heterocycles. The highest BCUT2D eigenvalue weighted by Gasteiger charge is 2.50. The summed E-state index contributed by atoms with van der Waals surface area (Å²) in [6.45, 7) is 10.7. The molecule has 1 aliphatic carbocycles. The molecule has 34 heavy (non-hydrogen) atoms. The molecule has 2 aromatic heterocycles. The summed E-state index contributed by atoms with van der Waals surface area (Å²) in [4.78, 5) is 27.5. The fourth-order valence-electron chi connectivity index (χ4n) is 6.04. The number of amides is 1. The van der Waals surface area contributed by atoms with Crippen molar-refractivity contribution in [2.75, 3.05) is 18.0 Å². The Morgan fingerprint density at radius 2 is 1.82 bits per heavy atom. The van der Waals surface area contributed by atoms with Gasteiger partial charge >= 0.3 is 0 Å². The van der Waals surface area contributed by atoms with Gasteiger partial charge in [-0.25, -0.2) is 9.97 Å². The van der Waals surface area contributed by atoms with Gasteiger partial charge in [-0.05, 0) is 84.2 Å². The highest BCUT2D eigenvalue weighted by molar-refractivity contribution is 6.34. The quantitative estimate of drug-likeness (QED) is 0.460. The number of halogens is 1. The molecule has 3 aromatic rings. The number of hydrogen-bond acceptors (Lipinski definition) is 4. The minimum absolute atomic E-state index is 0.210. The topological polar surface area (TPSA) is 54.3 Å². The summed E-state index contributed by atoms with van der Waals surface area (Å²) in [6.07, 6.45) is 6.56.